The Bertz CT molecular complexity index is 864. The molecule has 3 rings (SSSR count). The van der Waals surface area contributed by atoms with Gasteiger partial charge in [-0.15, -0.1) is 0 Å². The summed E-state index contributed by atoms with van der Waals surface area (Å²) in [5.74, 6) is 0.660. The molecule has 2 heterocycles. The van der Waals surface area contributed by atoms with Gasteiger partial charge in [0, 0.05) is 25.9 Å². The fourth-order valence-electron chi connectivity index (χ4n) is 2.31. The molecule has 0 aliphatic carbocycles. The van der Waals surface area contributed by atoms with Crippen LogP contribution in [0.1, 0.15) is 11.1 Å². The van der Waals surface area contributed by atoms with Crippen molar-refractivity contribution >= 4 is 11.6 Å². The van der Waals surface area contributed by atoms with Crippen LogP contribution in [0, 0.1) is 10.1 Å². The van der Waals surface area contributed by atoms with Crippen LogP contribution < -0.4 is 10.1 Å². The lowest BCUT2D eigenvalue weighted by Gasteiger charge is -2.09. The van der Waals surface area contributed by atoms with Gasteiger partial charge < -0.3 is 20.2 Å². The van der Waals surface area contributed by atoms with E-state index >= 15 is 0 Å². The smallest absolute Gasteiger partial charge is 0.406 e. The minimum absolute atomic E-state index is 0.197. The van der Waals surface area contributed by atoms with Gasteiger partial charge in [-0.1, -0.05) is 30.3 Å². The standard InChI is InChI=1S/C17H17N5O3/c1-21-12-20-17(22(23)24)16(21)19-10-14-7-8-18-15(9-14)25-11-13-5-3-2-4-6-13/h2-9,12,19H,10-11H2,1H3. The van der Waals surface area contributed by atoms with Crippen molar-refractivity contribution in [1.29, 1.82) is 0 Å². The summed E-state index contributed by atoms with van der Waals surface area (Å²) in [4.78, 5) is 18.4. The molecular formula is C17H17N5O3. The van der Waals surface area contributed by atoms with Crippen LogP contribution in [0.15, 0.2) is 55.0 Å². The molecule has 8 nitrogen and oxygen atoms in total. The SMILES string of the molecule is Cn1cnc([N+](=O)[O-])c1NCc1ccnc(OCc2ccccc2)c1. The van der Waals surface area contributed by atoms with Crippen molar-refractivity contribution in [3.05, 3.63) is 76.2 Å². The van der Waals surface area contributed by atoms with Crippen molar-refractivity contribution in [3.8, 4) is 5.88 Å². The second-order valence-corrected chi connectivity index (χ2v) is 5.41. The van der Waals surface area contributed by atoms with Gasteiger partial charge in [0.25, 0.3) is 0 Å². The van der Waals surface area contributed by atoms with Gasteiger partial charge in [-0.3, -0.25) is 4.57 Å². The lowest BCUT2D eigenvalue weighted by molar-refractivity contribution is -0.388. The Morgan fingerprint density at radius 1 is 1.20 bits per heavy atom. The molecule has 0 aliphatic rings. The molecule has 0 aliphatic heterocycles. The molecule has 0 amide bonds. The largest absolute Gasteiger partial charge is 0.473 e. The molecule has 0 fully saturated rings. The maximum absolute atomic E-state index is 11.0. The van der Waals surface area contributed by atoms with Crippen molar-refractivity contribution in [2.45, 2.75) is 13.2 Å². The Morgan fingerprint density at radius 3 is 2.76 bits per heavy atom. The van der Waals surface area contributed by atoms with E-state index in [0.717, 1.165) is 11.1 Å². The number of imidazole rings is 1. The van der Waals surface area contributed by atoms with Crippen molar-refractivity contribution < 1.29 is 9.66 Å². The average molecular weight is 339 g/mol. The number of nitro groups is 1. The molecule has 0 bridgehead atoms. The van der Waals surface area contributed by atoms with E-state index in [4.69, 9.17) is 4.74 Å². The van der Waals surface area contributed by atoms with Gasteiger partial charge in [0.15, 0.2) is 0 Å². The zero-order chi connectivity index (χ0) is 17.6. The maximum atomic E-state index is 11.0. The van der Waals surface area contributed by atoms with Crippen LogP contribution in [0.25, 0.3) is 0 Å². The molecule has 1 aromatic carbocycles. The maximum Gasteiger partial charge on any atom is 0.406 e. The third kappa shape index (κ3) is 4.11. The first-order valence-electron chi connectivity index (χ1n) is 7.64. The molecule has 0 atom stereocenters. The molecule has 128 valence electrons. The van der Waals surface area contributed by atoms with E-state index in [-0.39, 0.29) is 5.82 Å². The third-order valence-electron chi connectivity index (χ3n) is 3.58. The van der Waals surface area contributed by atoms with Crippen LogP contribution in [-0.2, 0) is 20.2 Å². The van der Waals surface area contributed by atoms with Gasteiger partial charge in [-0.05, 0) is 27.1 Å². The predicted molar refractivity (Wildman–Crippen MR) is 92.2 cm³/mol. The Kier molecular flexibility index (Phi) is 4.89. The monoisotopic (exact) mass is 339 g/mol. The molecule has 0 saturated heterocycles. The third-order valence-corrected chi connectivity index (χ3v) is 3.58. The summed E-state index contributed by atoms with van der Waals surface area (Å²) < 4.78 is 7.27. The van der Waals surface area contributed by atoms with Crippen molar-refractivity contribution in [3.63, 3.8) is 0 Å². The Morgan fingerprint density at radius 2 is 2.00 bits per heavy atom. The normalized spacial score (nSPS) is 10.4. The van der Waals surface area contributed by atoms with Crippen LogP contribution in [-0.4, -0.2) is 19.5 Å². The van der Waals surface area contributed by atoms with E-state index < -0.39 is 4.92 Å². The fraction of sp³-hybridized carbons (Fsp3) is 0.176. The summed E-state index contributed by atoms with van der Waals surface area (Å²) in [6.45, 7) is 0.822. The van der Waals surface area contributed by atoms with E-state index in [1.165, 1.54) is 6.33 Å². The molecule has 8 heteroatoms. The number of benzene rings is 1. The summed E-state index contributed by atoms with van der Waals surface area (Å²) >= 11 is 0. The van der Waals surface area contributed by atoms with E-state index in [1.54, 1.807) is 23.9 Å². The highest BCUT2D eigenvalue weighted by atomic mass is 16.6. The lowest BCUT2D eigenvalue weighted by atomic mass is 10.2. The topological polar surface area (TPSA) is 95.1 Å². The molecule has 25 heavy (non-hydrogen) atoms. The number of nitrogens with one attached hydrogen (secondary N) is 1. The predicted octanol–water partition coefficient (Wildman–Crippen LogP) is 2.91. The Labute approximate surface area is 144 Å². The molecule has 0 saturated carbocycles. The van der Waals surface area contributed by atoms with Crippen LogP contribution >= 0.6 is 0 Å². The molecule has 2 aromatic heterocycles. The summed E-state index contributed by atoms with van der Waals surface area (Å²) in [5.41, 5.74) is 1.95. The first kappa shape index (κ1) is 16.4. The summed E-state index contributed by atoms with van der Waals surface area (Å²) in [6, 6.07) is 13.4. The lowest BCUT2D eigenvalue weighted by Crippen LogP contribution is -2.06. The number of anilines is 1. The van der Waals surface area contributed by atoms with Gasteiger partial charge in [-0.25, -0.2) is 4.98 Å². The highest BCUT2D eigenvalue weighted by Crippen LogP contribution is 2.22. The molecule has 0 radical (unpaired) electrons. The van der Waals surface area contributed by atoms with Gasteiger partial charge in [-0.2, -0.15) is 0 Å². The van der Waals surface area contributed by atoms with E-state index in [9.17, 15) is 10.1 Å². The Hall–Kier alpha value is -3.42. The summed E-state index contributed by atoms with van der Waals surface area (Å²) in [7, 11) is 1.70. The number of nitrogens with zero attached hydrogens (tertiary/aromatic N) is 4. The van der Waals surface area contributed by atoms with E-state index in [2.05, 4.69) is 15.3 Å². The molecule has 1 N–H and O–H groups in total. The highest BCUT2D eigenvalue weighted by Gasteiger charge is 2.19. The van der Waals surface area contributed by atoms with Gasteiger partial charge in [0.2, 0.25) is 18.0 Å². The number of pyridine rings is 1. The number of ether oxygens (including phenoxy) is 1. The molecular weight excluding hydrogens is 322 g/mol. The summed E-state index contributed by atoms with van der Waals surface area (Å²) in [6.07, 6.45) is 3.05. The van der Waals surface area contributed by atoms with E-state index in [1.807, 2.05) is 36.4 Å². The van der Waals surface area contributed by atoms with Crippen molar-refractivity contribution in [1.82, 2.24) is 14.5 Å². The summed E-state index contributed by atoms with van der Waals surface area (Å²) in [5, 5.41) is 14.0. The molecule has 0 unspecified atom stereocenters. The minimum atomic E-state index is -0.511. The quantitative estimate of drug-likeness (QED) is 0.525. The Balaban J connectivity index is 1.64. The van der Waals surface area contributed by atoms with Crippen molar-refractivity contribution in [2.75, 3.05) is 5.32 Å². The van der Waals surface area contributed by atoms with Gasteiger partial charge in [0.1, 0.15) is 6.61 Å². The van der Waals surface area contributed by atoms with E-state index in [0.29, 0.717) is 24.8 Å². The number of hydrogen-bond acceptors (Lipinski definition) is 6. The second kappa shape index (κ2) is 7.43. The van der Waals surface area contributed by atoms with Crippen molar-refractivity contribution in [2.24, 2.45) is 7.05 Å². The fourth-order valence-corrected chi connectivity index (χ4v) is 2.31. The van der Waals surface area contributed by atoms with Crippen LogP contribution in [0.3, 0.4) is 0 Å². The number of aryl methyl sites for hydroxylation is 1. The average Bonchev–Trinajstić information content (AvgIpc) is 3.00. The zero-order valence-corrected chi connectivity index (χ0v) is 13.6. The van der Waals surface area contributed by atoms with Crippen LogP contribution in [0.5, 0.6) is 5.88 Å². The zero-order valence-electron chi connectivity index (χ0n) is 13.6. The second-order valence-electron chi connectivity index (χ2n) is 5.41. The molecule has 3 aromatic rings. The number of aromatic nitrogens is 3. The minimum Gasteiger partial charge on any atom is -0.473 e. The number of rotatable bonds is 7. The first-order valence-corrected chi connectivity index (χ1v) is 7.64. The number of hydrogen-bond donors (Lipinski definition) is 1. The van der Waals surface area contributed by atoms with Crippen LogP contribution in [0.2, 0.25) is 0 Å². The molecule has 0 spiro atoms. The van der Waals surface area contributed by atoms with Crippen LogP contribution in [0.4, 0.5) is 11.6 Å². The van der Waals surface area contributed by atoms with Gasteiger partial charge in [0.05, 0.1) is 0 Å². The highest BCUT2D eigenvalue weighted by molar-refractivity contribution is 5.52. The first-order chi connectivity index (χ1) is 12.1. The van der Waals surface area contributed by atoms with Gasteiger partial charge >= 0.3 is 5.82 Å².